The average Bonchev–Trinajstić information content (AvgIpc) is 2.49. The van der Waals surface area contributed by atoms with E-state index in [2.05, 4.69) is 5.32 Å². The van der Waals surface area contributed by atoms with Crippen LogP contribution in [0.4, 0.5) is 5.69 Å². The Bertz CT molecular complexity index is 494. The van der Waals surface area contributed by atoms with Crippen LogP contribution in [0.15, 0.2) is 24.3 Å². The third-order valence-electron chi connectivity index (χ3n) is 3.17. The minimum absolute atomic E-state index is 0.117. The number of imide groups is 1. The molecule has 96 valence electrons. The second kappa shape index (κ2) is 4.53. The zero-order chi connectivity index (χ0) is 13.3. The number of hydrogen-bond donors (Lipinski definition) is 1. The van der Waals surface area contributed by atoms with E-state index in [4.69, 9.17) is 0 Å². The third-order valence-corrected chi connectivity index (χ3v) is 3.17. The maximum atomic E-state index is 12.2. The lowest BCUT2D eigenvalue weighted by Crippen LogP contribution is -2.33. The van der Waals surface area contributed by atoms with Crippen molar-refractivity contribution < 1.29 is 9.59 Å². The lowest BCUT2D eigenvalue weighted by atomic mass is 9.92. The minimum Gasteiger partial charge on any atom is -0.316 e. The molecule has 1 aromatic rings. The quantitative estimate of drug-likeness (QED) is 0.826. The Morgan fingerprint density at radius 3 is 2.61 bits per heavy atom. The maximum absolute atomic E-state index is 12.2. The molecule has 0 unspecified atom stereocenters. The zero-order valence-corrected chi connectivity index (χ0v) is 11.0. The topological polar surface area (TPSA) is 49.4 Å². The highest BCUT2D eigenvalue weighted by Gasteiger charge is 2.45. The van der Waals surface area contributed by atoms with E-state index in [1.54, 1.807) is 6.07 Å². The second-order valence-electron chi connectivity index (χ2n) is 5.30. The molecule has 1 aromatic carbocycles. The molecule has 0 radical (unpaired) electrons. The van der Waals surface area contributed by atoms with Crippen molar-refractivity contribution in [1.29, 1.82) is 0 Å². The average molecular weight is 246 g/mol. The largest absolute Gasteiger partial charge is 0.316 e. The summed E-state index contributed by atoms with van der Waals surface area (Å²) in [6.45, 7) is 4.34. The second-order valence-corrected chi connectivity index (χ2v) is 5.30. The van der Waals surface area contributed by atoms with Crippen LogP contribution in [-0.2, 0) is 16.1 Å². The van der Waals surface area contributed by atoms with Crippen molar-refractivity contribution in [2.45, 2.75) is 26.8 Å². The molecule has 4 nitrogen and oxygen atoms in total. The summed E-state index contributed by atoms with van der Waals surface area (Å²) in [4.78, 5) is 25.5. The molecule has 4 heteroatoms. The number of hydrogen-bond acceptors (Lipinski definition) is 3. The number of nitrogens with one attached hydrogen (secondary N) is 1. The Morgan fingerprint density at radius 2 is 2.06 bits per heavy atom. The number of carbonyl (C=O) groups excluding carboxylic acids is 2. The van der Waals surface area contributed by atoms with E-state index >= 15 is 0 Å². The standard InChI is InChI=1S/C14H18N2O2/c1-14(2)8-12(17)16(13(14)18)11-6-4-5-10(7-11)9-15-3/h4-7,15H,8-9H2,1-3H3. The summed E-state index contributed by atoms with van der Waals surface area (Å²) in [7, 11) is 1.86. The fourth-order valence-electron chi connectivity index (χ4n) is 2.22. The van der Waals surface area contributed by atoms with Crippen LogP contribution >= 0.6 is 0 Å². The van der Waals surface area contributed by atoms with Gasteiger partial charge in [0.05, 0.1) is 11.1 Å². The van der Waals surface area contributed by atoms with Gasteiger partial charge in [0.15, 0.2) is 0 Å². The number of anilines is 1. The molecule has 18 heavy (non-hydrogen) atoms. The summed E-state index contributed by atoms with van der Waals surface area (Å²) in [5.74, 6) is -0.235. The van der Waals surface area contributed by atoms with Crippen LogP contribution in [0.1, 0.15) is 25.8 Å². The SMILES string of the molecule is CNCc1cccc(N2C(=O)CC(C)(C)C2=O)c1. The monoisotopic (exact) mass is 246 g/mol. The van der Waals surface area contributed by atoms with Crippen molar-refractivity contribution >= 4 is 17.5 Å². The Balaban J connectivity index is 2.34. The van der Waals surface area contributed by atoms with E-state index in [1.165, 1.54) is 4.90 Å². The van der Waals surface area contributed by atoms with Crippen LogP contribution in [-0.4, -0.2) is 18.9 Å². The van der Waals surface area contributed by atoms with Crippen molar-refractivity contribution in [3.8, 4) is 0 Å². The van der Waals surface area contributed by atoms with E-state index in [-0.39, 0.29) is 18.2 Å². The molecule has 2 rings (SSSR count). The first-order valence-electron chi connectivity index (χ1n) is 6.06. The summed E-state index contributed by atoms with van der Waals surface area (Å²) >= 11 is 0. The first-order valence-corrected chi connectivity index (χ1v) is 6.06. The zero-order valence-electron chi connectivity index (χ0n) is 11.0. The smallest absolute Gasteiger partial charge is 0.239 e. The van der Waals surface area contributed by atoms with E-state index in [1.807, 2.05) is 39.1 Å². The van der Waals surface area contributed by atoms with Gasteiger partial charge in [-0.2, -0.15) is 0 Å². The van der Waals surface area contributed by atoms with Gasteiger partial charge in [-0.1, -0.05) is 26.0 Å². The van der Waals surface area contributed by atoms with Gasteiger partial charge in [-0.25, -0.2) is 0 Å². The van der Waals surface area contributed by atoms with Gasteiger partial charge in [-0.05, 0) is 24.7 Å². The normalized spacial score (nSPS) is 18.5. The molecule has 0 spiro atoms. The van der Waals surface area contributed by atoms with E-state index in [0.29, 0.717) is 12.2 Å². The number of rotatable bonds is 3. The summed E-state index contributed by atoms with van der Waals surface area (Å²) < 4.78 is 0. The minimum atomic E-state index is -0.587. The molecule has 1 fully saturated rings. The number of carbonyl (C=O) groups is 2. The van der Waals surface area contributed by atoms with Crippen LogP contribution in [0.5, 0.6) is 0 Å². The fourth-order valence-corrected chi connectivity index (χ4v) is 2.22. The highest BCUT2D eigenvalue weighted by atomic mass is 16.2. The molecular formula is C14H18N2O2. The van der Waals surface area contributed by atoms with E-state index in [9.17, 15) is 9.59 Å². The third kappa shape index (κ3) is 2.16. The molecule has 1 aliphatic rings. The predicted molar refractivity (Wildman–Crippen MR) is 70.1 cm³/mol. The Kier molecular flexibility index (Phi) is 3.22. The molecular weight excluding hydrogens is 228 g/mol. The molecule has 1 saturated heterocycles. The number of benzene rings is 1. The summed E-state index contributed by atoms with van der Waals surface area (Å²) in [6.07, 6.45) is 0.280. The summed E-state index contributed by atoms with van der Waals surface area (Å²) in [5.41, 5.74) is 1.14. The molecule has 0 aromatic heterocycles. The summed E-state index contributed by atoms with van der Waals surface area (Å²) in [5, 5.41) is 3.05. The molecule has 0 aliphatic carbocycles. The first-order chi connectivity index (χ1) is 8.45. The van der Waals surface area contributed by atoms with Gasteiger partial charge in [0, 0.05) is 13.0 Å². The van der Waals surface area contributed by atoms with Gasteiger partial charge in [0.1, 0.15) is 0 Å². The maximum Gasteiger partial charge on any atom is 0.239 e. The van der Waals surface area contributed by atoms with Gasteiger partial charge < -0.3 is 5.32 Å². The molecule has 0 saturated carbocycles. The van der Waals surface area contributed by atoms with Crippen LogP contribution in [0.3, 0.4) is 0 Å². The van der Waals surface area contributed by atoms with Crippen molar-refractivity contribution in [2.75, 3.05) is 11.9 Å². The van der Waals surface area contributed by atoms with Crippen molar-refractivity contribution in [3.05, 3.63) is 29.8 Å². The Labute approximate surface area is 107 Å². The van der Waals surface area contributed by atoms with Crippen LogP contribution in [0, 0.1) is 5.41 Å². The first kappa shape index (κ1) is 12.8. The van der Waals surface area contributed by atoms with Gasteiger partial charge in [-0.3, -0.25) is 14.5 Å². The summed E-state index contributed by atoms with van der Waals surface area (Å²) in [6, 6.07) is 7.52. The van der Waals surface area contributed by atoms with Gasteiger partial charge in [0.25, 0.3) is 0 Å². The lowest BCUT2D eigenvalue weighted by molar-refractivity contribution is -0.124. The molecule has 1 heterocycles. The van der Waals surface area contributed by atoms with E-state index in [0.717, 1.165) is 5.56 Å². The van der Waals surface area contributed by atoms with Crippen LogP contribution < -0.4 is 10.2 Å². The van der Waals surface area contributed by atoms with Crippen molar-refractivity contribution in [1.82, 2.24) is 5.32 Å². The Hall–Kier alpha value is -1.68. The Morgan fingerprint density at radius 1 is 1.33 bits per heavy atom. The molecule has 1 N–H and O–H groups in total. The van der Waals surface area contributed by atoms with Crippen LogP contribution in [0.2, 0.25) is 0 Å². The fraction of sp³-hybridized carbons (Fsp3) is 0.429. The molecule has 0 bridgehead atoms. The van der Waals surface area contributed by atoms with Gasteiger partial charge in [-0.15, -0.1) is 0 Å². The highest BCUT2D eigenvalue weighted by molar-refractivity contribution is 6.22. The molecule has 0 atom stereocenters. The number of amides is 2. The van der Waals surface area contributed by atoms with Crippen molar-refractivity contribution in [3.63, 3.8) is 0 Å². The molecule has 1 aliphatic heterocycles. The van der Waals surface area contributed by atoms with Gasteiger partial charge in [0.2, 0.25) is 11.8 Å². The lowest BCUT2D eigenvalue weighted by Gasteiger charge is -2.18. The predicted octanol–water partition coefficient (Wildman–Crippen LogP) is 1.70. The van der Waals surface area contributed by atoms with Crippen molar-refractivity contribution in [2.24, 2.45) is 5.41 Å². The number of nitrogens with zero attached hydrogens (tertiary/aromatic N) is 1. The molecule has 2 amide bonds. The van der Waals surface area contributed by atoms with Gasteiger partial charge >= 0.3 is 0 Å². The van der Waals surface area contributed by atoms with Crippen LogP contribution in [0.25, 0.3) is 0 Å². The highest BCUT2D eigenvalue weighted by Crippen LogP contribution is 2.35. The van der Waals surface area contributed by atoms with E-state index < -0.39 is 5.41 Å².